The molecule has 0 aromatic heterocycles. The van der Waals surface area contributed by atoms with Gasteiger partial charge in [0.15, 0.2) is 6.61 Å². The summed E-state index contributed by atoms with van der Waals surface area (Å²) in [5.41, 5.74) is 3.63. The maximum Gasteiger partial charge on any atom is 0.416 e. The van der Waals surface area contributed by atoms with Crippen LogP contribution in [0.4, 0.5) is 24.5 Å². The highest BCUT2D eigenvalue weighted by Gasteiger charge is 2.61. The minimum Gasteiger partial charge on any atom is -0.452 e. The Morgan fingerprint density at radius 2 is 1.25 bits per heavy atom. The van der Waals surface area contributed by atoms with Crippen molar-refractivity contribution in [2.24, 2.45) is 11.8 Å². The lowest BCUT2D eigenvalue weighted by Crippen LogP contribution is -2.41. The molecule has 4 aromatic carbocycles. The van der Waals surface area contributed by atoms with E-state index in [9.17, 15) is 32.3 Å². The second-order valence-corrected chi connectivity index (χ2v) is 11.0. The average Bonchev–Trinajstić information content (AvgIpc) is 3.29. The number of hydrogen-bond donors (Lipinski definition) is 1. The van der Waals surface area contributed by atoms with Gasteiger partial charge in [0, 0.05) is 17.5 Å². The van der Waals surface area contributed by atoms with Crippen LogP contribution in [0.2, 0.25) is 0 Å². The number of esters is 1. The predicted molar refractivity (Wildman–Crippen MR) is 153 cm³/mol. The number of ether oxygens (including phenoxy) is 1. The van der Waals surface area contributed by atoms with Crippen molar-refractivity contribution < 1.29 is 37.1 Å². The molecule has 4 aromatic rings. The highest BCUT2D eigenvalue weighted by atomic mass is 19.4. The van der Waals surface area contributed by atoms with Gasteiger partial charge in [0.05, 0.1) is 28.7 Å². The molecule has 1 saturated heterocycles. The monoisotopic (exact) mass is 596 g/mol. The number of anilines is 2. The van der Waals surface area contributed by atoms with Gasteiger partial charge in [-0.2, -0.15) is 13.2 Å². The van der Waals surface area contributed by atoms with Gasteiger partial charge in [-0.3, -0.25) is 14.4 Å². The van der Waals surface area contributed by atoms with Crippen LogP contribution < -0.4 is 10.2 Å². The van der Waals surface area contributed by atoms with E-state index in [1.807, 2.05) is 48.5 Å². The van der Waals surface area contributed by atoms with Gasteiger partial charge >= 0.3 is 12.1 Å². The topological polar surface area (TPSA) is 92.8 Å². The predicted octanol–water partition coefficient (Wildman–Crippen LogP) is 5.90. The molecule has 1 aliphatic heterocycles. The van der Waals surface area contributed by atoms with Crippen molar-refractivity contribution in [1.82, 2.24) is 0 Å². The molecule has 0 saturated carbocycles. The van der Waals surface area contributed by atoms with Crippen molar-refractivity contribution in [2.75, 3.05) is 16.8 Å². The van der Waals surface area contributed by atoms with Crippen molar-refractivity contribution >= 4 is 35.1 Å². The number of nitrogens with one attached hydrogen (secondary N) is 1. The number of carbonyl (C=O) groups is 4. The molecule has 2 bridgehead atoms. The fraction of sp³-hybridized carbons (Fsp3) is 0.176. The first kappa shape index (κ1) is 27.6. The van der Waals surface area contributed by atoms with Crippen LogP contribution in [0.5, 0.6) is 0 Å². The van der Waals surface area contributed by atoms with Gasteiger partial charge in [-0.1, -0.05) is 54.6 Å². The number of rotatable bonds is 5. The molecular formula is C34H23F3N2O5. The van der Waals surface area contributed by atoms with Crippen molar-refractivity contribution in [1.29, 1.82) is 0 Å². The summed E-state index contributed by atoms with van der Waals surface area (Å²) < 4.78 is 43.8. The molecule has 1 N–H and O–H groups in total. The van der Waals surface area contributed by atoms with Crippen LogP contribution >= 0.6 is 0 Å². The normalized spacial score (nSPS) is 21.4. The van der Waals surface area contributed by atoms with E-state index in [-0.39, 0.29) is 34.9 Å². The van der Waals surface area contributed by atoms with Gasteiger partial charge in [0.1, 0.15) is 0 Å². The Morgan fingerprint density at radius 3 is 1.75 bits per heavy atom. The Hall–Kier alpha value is -5.25. The molecule has 3 amide bonds. The largest absolute Gasteiger partial charge is 0.452 e. The average molecular weight is 597 g/mol. The minimum absolute atomic E-state index is 0.0667. The molecule has 1 fully saturated rings. The number of hydrogen-bond acceptors (Lipinski definition) is 5. The molecule has 7 nitrogen and oxygen atoms in total. The van der Waals surface area contributed by atoms with Crippen molar-refractivity contribution in [2.45, 2.75) is 18.0 Å². The number of benzene rings is 4. The molecule has 44 heavy (non-hydrogen) atoms. The zero-order chi connectivity index (χ0) is 30.7. The maximum atomic E-state index is 13.9. The van der Waals surface area contributed by atoms with Crippen LogP contribution in [-0.4, -0.2) is 30.3 Å². The summed E-state index contributed by atoms with van der Waals surface area (Å²) in [6.07, 6.45) is -4.57. The Balaban J connectivity index is 1.06. The van der Waals surface area contributed by atoms with Crippen LogP contribution in [0, 0.1) is 11.8 Å². The van der Waals surface area contributed by atoms with E-state index in [0.717, 1.165) is 40.5 Å². The number of amides is 3. The number of carbonyl (C=O) groups excluding carboxylic acids is 4. The van der Waals surface area contributed by atoms with E-state index < -0.39 is 42.1 Å². The first-order valence-corrected chi connectivity index (χ1v) is 13.9. The van der Waals surface area contributed by atoms with E-state index >= 15 is 0 Å². The Bertz CT molecular complexity index is 1740. The maximum absolute atomic E-state index is 13.9. The molecule has 3 aliphatic carbocycles. The third-order valence-corrected chi connectivity index (χ3v) is 8.62. The van der Waals surface area contributed by atoms with Crippen LogP contribution in [0.25, 0.3) is 0 Å². The number of alkyl halides is 3. The quantitative estimate of drug-likeness (QED) is 0.229. The third-order valence-electron chi connectivity index (χ3n) is 8.62. The lowest BCUT2D eigenvalue weighted by atomic mass is 9.55. The second-order valence-electron chi connectivity index (χ2n) is 11.0. The molecule has 2 atom stereocenters. The molecule has 4 aliphatic rings. The van der Waals surface area contributed by atoms with E-state index in [2.05, 4.69) is 5.32 Å². The summed E-state index contributed by atoms with van der Waals surface area (Å²) in [6.45, 7) is -0.729. The molecule has 220 valence electrons. The third kappa shape index (κ3) is 4.36. The molecule has 1 heterocycles. The van der Waals surface area contributed by atoms with Crippen LogP contribution in [0.3, 0.4) is 0 Å². The first-order valence-electron chi connectivity index (χ1n) is 13.9. The zero-order valence-corrected chi connectivity index (χ0v) is 22.9. The van der Waals surface area contributed by atoms with Crippen molar-refractivity contribution in [3.8, 4) is 0 Å². The fourth-order valence-corrected chi connectivity index (χ4v) is 6.86. The van der Waals surface area contributed by atoms with E-state index in [4.69, 9.17) is 4.74 Å². The van der Waals surface area contributed by atoms with Crippen molar-refractivity contribution in [3.63, 3.8) is 0 Å². The molecule has 8 rings (SSSR count). The van der Waals surface area contributed by atoms with Gasteiger partial charge < -0.3 is 10.1 Å². The zero-order valence-electron chi connectivity index (χ0n) is 22.9. The van der Waals surface area contributed by atoms with E-state index in [1.54, 1.807) is 0 Å². The van der Waals surface area contributed by atoms with Gasteiger partial charge in [-0.15, -0.1) is 0 Å². The molecule has 0 radical (unpaired) electrons. The summed E-state index contributed by atoms with van der Waals surface area (Å²) in [4.78, 5) is 53.8. The minimum atomic E-state index is -4.57. The number of halogens is 3. The van der Waals surface area contributed by atoms with Crippen molar-refractivity contribution in [3.05, 3.63) is 130 Å². The van der Waals surface area contributed by atoms with Gasteiger partial charge in [0.25, 0.3) is 5.91 Å². The van der Waals surface area contributed by atoms with Crippen LogP contribution in [0.1, 0.15) is 50.0 Å². The first-order chi connectivity index (χ1) is 21.1. The Morgan fingerprint density at radius 1 is 0.727 bits per heavy atom. The van der Waals surface area contributed by atoms with Crippen LogP contribution in [0.15, 0.2) is 97.1 Å². The van der Waals surface area contributed by atoms with E-state index in [1.165, 1.54) is 35.2 Å². The molecule has 0 unspecified atom stereocenters. The Labute approximate surface area is 249 Å². The highest BCUT2D eigenvalue weighted by Crippen LogP contribution is 2.61. The Kier molecular flexibility index (Phi) is 6.38. The standard InChI is InChI=1S/C34H23F3N2O5/c35-34(36,37)19-6-5-7-20(16-19)38-26(40)17-44-33(43)18-12-14-21(15-13-18)39-31(41)29-27-22-8-1-2-9-23(22)28(30(29)32(39)42)25-11-4-3-10-24(25)27/h1-16,27-30H,17H2,(H,38,40)/t27?,28?,29-,30-/m1/s1. The summed E-state index contributed by atoms with van der Waals surface area (Å²) in [5, 5.41) is 2.27. The molecular weight excluding hydrogens is 573 g/mol. The van der Waals surface area contributed by atoms with Gasteiger partial charge in [-0.25, -0.2) is 9.69 Å². The summed E-state index contributed by atoms with van der Waals surface area (Å²) in [7, 11) is 0. The summed E-state index contributed by atoms with van der Waals surface area (Å²) in [5.74, 6) is -3.82. The molecule has 10 heteroatoms. The molecule has 0 spiro atoms. The highest BCUT2D eigenvalue weighted by molar-refractivity contribution is 6.23. The lowest BCUT2D eigenvalue weighted by molar-refractivity contribution is -0.137. The smallest absolute Gasteiger partial charge is 0.416 e. The number of imide groups is 1. The lowest BCUT2D eigenvalue weighted by Gasteiger charge is -2.45. The summed E-state index contributed by atoms with van der Waals surface area (Å²) in [6, 6.07) is 25.7. The van der Waals surface area contributed by atoms with Gasteiger partial charge in [-0.05, 0) is 64.7 Å². The second kappa shape index (κ2) is 10.2. The number of nitrogens with zero attached hydrogens (tertiary/aromatic N) is 1. The summed E-state index contributed by atoms with van der Waals surface area (Å²) >= 11 is 0. The fourth-order valence-electron chi connectivity index (χ4n) is 6.86. The van der Waals surface area contributed by atoms with Crippen LogP contribution in [-0.2, 0) is 25.3 Å². The van der Waals surface area contributed by atoms with Gasteiger partial charge in [0.2, 0.25) is 11.8 Å². The van der Waals surface area contributed by atoms with E-state index in [0.29, 0.717) is 5.69 Å². The SMILES string of the molecule is O=C(COC(=O)c1ccc(N2C(=O)[C@@H]3C4c5ccccc5C(c5ccccc54)[C@H]3C2=O)cc1)Nc1cccc(C(F)(F)F)c1.